The summed E-state index contributed by atoms with van der Waals surface area (Å²) in [6.07, 6.45) is 0. The number of nitriles is 1. The molecule has 1 aromatic carbocycles. The van der Waals surface area contributed by atoms with Crippen molar-refractivity contribution in [2.45, 2.75) is 0 Å². The Morgan fingerprint density at radius 2 is 2.24 bits per heavy atom. The highest BCUT2D eigenvalue weighted by Crippen LogP contribution is 2.23. The van der Waals surface area contributed by atoms with Gasteiger partial charge in [0.15, 0.2) is 0 Å². The van der Waals surface area contributed by atoms with Crippen LogP contribution in [-0.2, 0) is 4.74 Å². The highest BCUT2D eigenvalue weighted by molar-refractivity contribution is 6.30. The lowest BCUT2D eigenvalue weighted by atomic mass is 10.1. The maximum absolute atomic E-state index is 9.06. The van der Waals surface area contributed by atoms with Gasteiger partial charge in [-0.15, -0.1) is 0 Å². The fraction of sp³-hybridized carbons (Fsp3) is 0.417. The van der Waals surface area contributed by atoms with Crippen LogP contribution in [0.1, 0.15) is 5.56 Å². The van der Waals surface area contributed by atoms with Crippen LogP contribution in [0.5, 0.6) is 0 Å². The van der Waals surface area contributed by atoms with Gasteiger partial charge in [0.25, 0.3) is 0 Å². The molecule has 0 saturated heterocycles. The van der Waals surface area contributed by atoms with Gasteiger partial charge in [-0.25, -0.2) is 0 Å². The molecule has 1 rings (SSSR count). The third-order valence-electron chi connectivity index (χ3n) is 2.35. The second-order valence-electron chi connectivity index (χ2n) is 3.48. The van der Waals surface area contributed by atoms with E-state index in [0.717, 1.165) is 5.69 Å². The van der Waals surface area contributed by atoms with Gasteiger partial charge in [-0.3, -0.25) is 0 Å². The molecule has 0 fully saturated rings. The van der Waals surface area contributed by atoms with Crippen LogP contribution in [0, 0.1) is 11.3 Å². The Kier molecular flexibility index (Phi) is 5.78. The zero-order valence-corrected chi connectivity index (χ0v) is 10.4. The number of halogens is 1. The first-order valence-electron chi connectivity index (χ1n) is 5.27. The molecule has 1 aromatic rings. The van der Waals surface area contributed by atoms with Crippen molar-refractivity contribution < 1.29 is 9.84 Å². The van der Waals surface area contributed by atoms with Crippen molar-refractivity contribution in [2.24, 2.45) is 0 Å². The Hall–Kier alpha value is -1.28. The van der Waals surface area contributed by atoms with Crippen LogP contribution >= 0.6 is 11.6 Å². The van der Waals surface area contributed by atoms with Gasteiger partial charge in [-0.05, 0) is 18.2 Å². The highest BCUT2D eigenvalue weighted by Gasteiger charge is 2.11. The van der Waals surface area contributed by atoms with E-state index in [1.165, 1.54) is 0 Å². The molecule has 0 amide bonds. The van der Waals surface area contributed by atoms with Gasteiger partial charge < -0.3 is 14.7 Å². The monoisotopic (exact) mass is 254 g/mol. The van der Waals surface area contributed by atoms with Crippen molar-refractivity contribution in [3.63, 3.8) is 0 Å². The molecule has 92 valence electrons. The van der Waals surface area contributed by atoms with Crippen LogP contribution in [0.25, 0.3) is 0 Å². The summed E-state index contributed by atoms with van der Waals surface area (Å²) in [7, 11) is 1.62. The smallest absolute Gasteiger partial charge is 0.101 e. The molecule has 0 radical (unpaired) electrons. The summed E-state index contributed by atoms with van der Waals surface area (Å²) in [5.74, 6) is 0. The van der Waals surface area contributed by atoms with Crippen LogP contribution in [0.15, 0.2) is 18.2 Å². The first kappa shape index (κ1) is 13.8. The largest absolute Gasteiger partial charge is 0.395 e. The molecular formula is C12H15ClN2O2. The number of hydrogen-bond acceptors (Lipinski definition) is 4. The second kappa shape index (κ2) is 7.13. The second-order valence-corrected chi connectivity index (χ2v) is 3.91. The van der Waals surface area contributed by atoms with E-state index >= 15 is 0 Å². The third kappa shape index (κ3) is 3.90. The highest BCUT2D eigenvalue weighted by atomic mass is 35.5. The lowest BCUT2D eigenvalue weighted by Gasteiger charge is -2.24. The molecule has 0 aliphatic carbocycles. The molecule has 0 atom stereocenters. The van der Waals surface area contributed by atoms with Crippen LogP contribution in [-0.4, -0.2) is 38.5 Å². The number of anilines is 1. The number of nitrogens with zero attached hydrogens (tertiary/aromatic N) is 2. The Morgan fingerprint density at radius 3 is 2.82 bits per heavy atom. The van der Waals surface area contributed by atoms with Crippen LogP contribution in [0.3, 0.4) is 0 Å². The quantitative estimate of drug-likeness (QED) is 0.839. The average molecular weight is 255 g/mol. The number of rotatable bonds is 6. The van der Waals surface area contributed by atoms with Gasteiger partial charge in [-0.2, -0.15) is 5.26 Å². The number of aliphatic hydroxyl groups is 1. The summed E-state index contributed by atoms with van der Waals surface area (Å²) < 4.78 is 5.01. The Balaban J connectivity index is 2.96. The third-order valence-corrected chi connectivity index (χ3v) is 2.59. The molecule has 0 bridgehead atoms. The maximum atomic E-state index is 9.06. The standard InChI is InChI=1S/C12H15ClN2O2/c1-17-7-5-15(4-6-16)12-3-2-11(13)8-10(12)9-14/h2-3,8,16H,4-7H2,1H3. The molecule has 0 aliphatic rings. The molecule has 0 unspecified atom stereocenters. The first-order chi connectivity index (χ1) is 8.22. The summed E-state index contributed by atoms with van der Waals surface area (Å²) in [5.41, 5.74) is 1.27. The van der Waals surface area contributed by atoms with E-state index in [-0.39, 0.29) is 6.61 Å². The van der Waals surface area contributed by atoms with E-state index in [1.54, 1.807) is 25.3 Å². The molecule has 0 spiro atoms. The van der Waals surface area contributed by atoms with E-state index in [4.69, 9.17) is 26.7 Å². The molecule has 0 heterocycles. The van der Waals surface area contributed by atoms with E-state index < -0.39 is 0 Å². The predicted molar refractivity (Wildman–Crippen MR) is 67.3 cm³/mol. The van der Waals surface area contributed by atoms with Crippen molar-refractivity contribution in [1.82, 2.24) is 0 Å². The fourth-order valence-corrected chi connectivity index (χ4v) is 1.72. The van der Waals surface area contributed by atoms with Crippen molar-refractivity contribution in [2.75, 3.05) is 38.3 Å². The number of ether oxygens (including phenoxy) is 1. The van der Waals surface area contributed by atoms with E-state index in [9.17, 15) is 0 Å². The Bertz CT molecular complexity index is 404. The Labute approximate surface area is 106 Å². The summed E-state index contributed by atoms with van der Waals surface area (Å²) in [6, 6.07) is 7.24. The molecule has 17 heavy (non-hydrogen) atoms. The first-order valence-corrected chi connectivity index (χ1v) is 5.65. The minimum Gasteiger partial charge on any atom is -0.395 e. The van der Waals surface area contributed by atoms with Crippen molar-refractivity contribution >= 4 is 17.3 Å². The zero-order valence-electron chi connectivity index (χ0n) is 9.69. The molecule has 0 aliphatic heterocycles. The number of methoxy groups -OCH3 is 1. The topological polar surface area (TPSA) is 56.5 Å². The van der Waals surface area contributed by atoms with Crippen LogP contribution in [0.4, 0.5) is 5.69 Å². The minimum absolute atomic E-state index is 0.0250. The molecule has 0 saturated carbocycles. The summed E-state index contributed by atoms with van der Waals surface area (Å²) in [6.45, 7) is 1.64. The van der Waals surface area contributed by atoms with Gasteiger partial charge in [-0.1, -0.05) is 11.6 Å². The SMILES string of the molecule is COCCN(CCO)c1ccc(Cl)cc1C#N. The van der Waals surface area contributed by atoms with Gasteiger partial charge in [0.2, 0.25) is 0 Å². The summed E-state index contributed by atoms with van der Waals surface area (Å²) in [4.78, 5) is 1.90. The Morgan fingerprint density at radius 1 is 1.47 bits per heavy atom. The van der Waals surface area contributed by atoms with Gasteiger partial charge in [0, 0.05) is 25.2 Å². The number of benzene rings is 1. The molecule has 0 aromatic heterocycles. The lowest BCUT2D eigenvalue weighted by molar-refractivity contribution is 0.203. The number of aliphatic hydroxyl groups excluding tert-OH is 1. The van der Waals surface area contributed by atoms with Gasteiger partial charge in [0.05, 0.1) is 24.5 Å². The van der Waals surface area contributed by atoms with Gasteiger partial charge >= 0.3 is 0 Å². The molecule has 1 N–H and O–H groups in total. The minimum atomic E-state index is 0.0250. The molecular weight excluding hydrogens is 240 g/mol. The van der Waals surface area contributed by atoms with Crippen molar-refractivity contribution in [3.8, 4) is 6.07 Å². The van der Waals surface area contributed by atoms with E-state index in [1.807, 2.05) is 4.90 Å². The fourth-order valence-electron chi connectivity index (χ4n) is 1.55. The zero-order chi connectivity index (χ0) is 12.7. The predicted octanol–water partition coefficient (Wildman–Crippen LogP) is 1.66. The van der Waals surface area contributed by atoms with Gasteiger partial charge in [0.1, 0.15) is 6.07 Å². The van der Waals surface area contributed by atoms with E-state index in [2.05, 4.69) is 6.07 Å². The van der Waals surface area contributed by atoms with Crippen LogP contribution in [0.2, 0.25) is 5.02 Å². The molecule has 4 nitrogen and oxygen atoms in total. The van der Waals surface area contributed by atoms with Crippen LogP contribution < -0.4 is 4.90 Å². The molecule has 5 heteroatoms. The normalized spacial score (nSPS) is 10.0. The van der Waals surface area contributed by atoms with Crippen molar-refractivity contribution in [1.29, 1.82) is 5.26 Å². The van der Waals surface area contributed by atoms with Crippen molar-refractivity contribution in [3.05, 3.63) is 28.8 Å². The van der Waals surface area contributed by atoms with E-state index in [0.29, 0.717) is 30.3 Å². The summed E-state index contributed by atoms with van der Waals surface area (Å²) >= 11 is 5.84. The lowest BCUT2D eigenvalue weighted by Crippen LogP contribution is -2.30. The number of hydrogen-bond donors (Lipinski definition) is 1. The summed E-state index contributed by atoms with van der Waals surface area (Å²) in [5, 5.41) is 18.6. The maximum Gasteiger partial charge on any atom is 0.101 e. The average Bonchev–Trinajstić information content (AvgIpc) is 2.34.